The Morgan fingerprint density at radius 1 is 1.03 bits per heavy atom. The number of carbonyl (C=O) groups is 3. The zero-order valence-electron chi connectivity index (χ0n) is 19.4. The molecular formula is C26H30N2O5. The van der Waals surface area contributed by atoms with Crippen LogP contribution in [0.4, 0.5) is 10.5 Å². The van der Waals surface area contributed by atoms with Crippen molar-refractivity contribution in [3.05, 3.63) is 65.7 Å². The van der Waals surface area contributed by atoms with Crippen molar-refractivity contribution in [2.24, 2.45) is 0 Å². The second-order valence-electron chi connectivity index (χ2n) is 8.33. The number of esters is 1. The summed E-state index contributed by atoms with van der Waals surface area (Å²) in [5.41, 5.74) is 1.04. The molecule has 2 aromatic carbocycles. The van der Waals surface area contributed by atoms with E-state index in [1.165, 1.54) is 0 Å². The van der Waals surface area contributed by atoms with Crippen LogP contribution in [-0.4, -0.2) is 36.2 Å². The Morgan fingerprint density at radius 2 is 1.67 bits per heavy atom. The van der Waals surface area contributed by atoms with Crippen molar-refractivity contribution in [2.75, 3.05) is 11.9 Å². The van der Waals surface area contributed by atoms with Gasteiger partial charge in [-0.2, -0.15) is 0 Å². The number of hydrogen-bond donors (Lipinski definition) is 2. The van der Waals surface area contributed by atoms with E-state index in [9.17, 15) is 14.4 Å². The lowest BCUT2D eigenvalue weighted by molar-refractivity contribution is -0.146. The first-order valence-corrected chi connectivity index (χ1v) is 10.7. The maximum Gasteiger partial charge on any atom is 0.412 e. The smallest absolute Gasteiger partial charge is 0.412 e. The van der Waals surface area contributed by atoms with Gasteiger partial charge in [-0.3, -0.25) is 10.1 Å². The van der Waals surface area contributed by atoms with Gasteiger partial charge in [-0.05, 0) is 57.5 Å². The van der Waals surface area contributed by atoms with Crippen LogP contribution in [0.2, 0.25) is 0 Å². The summed E-state index contributed by atoms with van der Waals surface area (Å²) in [5.74, 6) is 1.08. The fourth-order valence-corrected chi connectivity index (χ4v) is 3.16. The number of terminal acetylenes is 1. The molecule has 2 rings (SSSR count). The molecule has 2 aromatic rings. The number of carbonyl (C=O) groups excluding carboxylic acids is 3. The maximum atomic E-state index is 12.8. The zero-order valence-corrected chi connectivity index (χ0v) is 19.4. The number of amides is 2. The second-order valence-corrected chi connectivity index (χ2v) is 8.33. The third-order valence-electron chi connectivity index (χ3n) is 4.59. The molecule has 33 heavy (non-hydrogen) atoms. The van der Waals surface area contributed by atoms with E-state index in [-0.39, 0.29) is 13.0 Å². The van der Waals surface area contributed by atoms with Crippen LogP contribution in [0.15, 0.2) is 54.6 Å². The first-order valence-electron chi connectivity index (χ1n) is 10.7. The second kappa shape index (κ2) is 11.7. The first-order chi connectivity index (χ1) is 15.6. The minimum atomic E-state index is -0.988. The lowest BCUT2D eigenvalue weighted by Gasteiger charge is -2.26. The van der Waals surface area contributed by atoms with Crippen LogP contribution in [0.5, 0.6) is 0 Å². The van der Waals surface area contributed by atoms with Gasteiger partial charge in [-0.15, -0.1) is 12.3 Å². The molecule has 0 aromatic heterocycles. The fourth-order valence-electron chi connectivity index (χ4n) is 3.16. The van der Waals surface area contributed by atoms with E-state index in [0.717, 1.165) is 0 Å². The molecule has 0 radical (unpaired) electrons. The number of nitrogens with one attached hydrogen (secondary N) is 2. The zero-order chi connectivity index (χ0) is 24.4. The van der Waals surface area contributed by atoms with E-state index in [4.69, 9.17) is 15.9 Å². The number of ether oxygens (including phenoxy) is 2. The maximum absolute atomic E-state index is 12.8. The lowest BCUT2D eigenvalue weighted by atomic mass is 9.88. The molecule has 2 amide bonds. The van der Waals surface area contributed by atoms with Crippen molar-refractivity contribution in [3.8, 4) is 12.3 Å². The summed E-state index contributed by atoms with van der Waals surface area (Å²) in [6.07, 6.45) is 5.20. The van der Waals surface area contributed by atoms with Crippen LogP contribution in [0, 0.1) is 12.3 Å². The standard InChI is InChI=1S/C26H30N2O5/c1-6-11-21(18-14-16-20(17-15-18)27-25(31)33-26(3,4)5)22(24(30)32-7-2)28-23(29)19-12-9-8-10-13-19/h1,8-10,12-17,21-22H,7,11H2,2-5H3,(H,27,31)(H,28,29)/t21-,22+/m0/s1. The Kier molecular flexibility index (Phi) is 9.05. The molecule has 0 saturated heterocycles. The highest BCUT2D eigenvalue weighted by Crippen LogP contribution is 2.26. The number of rotatable bonds is 8. The van der Waals surface area contributed by atoms with E-state index in [2.05, 4.69) is 16.6 Å². The van der Waals surface area contributed by atoms with Gasteiger partial charge in [0.05, 0.1) is 6.61 Å². The third-order valence-corrected chi connectivity index (χ3v) is 4.59. The van der Waals surface area contributed by atoms with E-state index >= 15 is 0 Å². The summed E-state index contributed by atoms with van der Waals surface area (Å²) < 4.78 is 10.5. The summed E-state index contributed by atoms with van der Waals surface area (Å²) in [4.78, 5) is 37.5. The van der Waals surface area contributed by atoms with E-state index < -0.39 is 35.5 Å². The molecular weight excluding hydrogens is 420 g/mol. The molecule has 7 heteroatoms. The summed E-state index contributed by atoms with van der Waals surface area (Å²) in [7, 11) is 0. The Bertz CT molecular complexity index is 988. The van der Waals surface area contributed by atoms with Crippen molar-refractivity contribution < 1.29 is 23.9 Å². The topological polar surface area (TPSA) is 93.7 Å². The van der Waals surface area contributed by atoms with E-state index in [0.29, 0.717) is 16.8 Å². The van der Waals surface area contributed by atoms with Crippen LogP contribution >= 0.6 is 0 Å². The van der Waals surface area contributed by atoms with Crippen LogP contribution < -0.4 is 10.6 Å². The van der Waals surface area contributed by atoms with Gasteiger partial charge in [0.1, 0.15) is 11.6 Å². The molecule has 0 fully saturated rings. The largest absolute Gasteiger partial charge is 0.464 e. The summed E-state index contributed by atoms with van der Waals surface area (Å²) in [6.45, 7) is 7.19. The van der Waals surface area contributed by atoms with Gasteiger partial charge in [-0.25, -0.2) is 9.59 Å². The van der Waals surface area contributed by atoms with Gasteiger partial charge in [0.2, 0.25) is 0 Å². The van der Waals surface area contributed by atoms with Gasteiger partial charge in [-0.1, -0.05) is 30.3 Å². The summed E-state index contributed by atoms with van der Waals surface area (Å²) >= 11 is 0. The highest BCUT2D eigenvalue weighted by molar-refractivity contribution is 5.97. The Hall–Kier alpha value is -3.79. The summed E-state index contributed by atoms with van der Waals surface area (Å²) in [6, 6.07) is 14.5. The molecule has 2 N–H and O–H groups in total. The predicted molar refractivity (Wildman–Crippen MR) is 127 cm³/mol. The van der Waals surface area contributed by atoms with Crippen molar-refractivity contribution in [1.29, 1.82) is 0 Å². The number of anilines is 1. The number of benzene rings is 2. The highest BCUT2D eigenvalue weighted by atomic mass is 16.6. The molecule has 2 atom stereocenters. The minimum absolute atomic E-state index is 0.165. The molecule has 7 nitrogen and oxygen atoms in total. The van der Waals surface area contributed by atoms with Crippen molar-refractivity contribution in [1.82, 2.24) is 5.32 Å². The Labute approximate surface area is 194 Å². The average Bonchev–Trinajstić information content (AvgIpc) is 2.76. The lowest BCUT2D eigenvalue weighted by Crippen LogP contribution is -2.46. The molecule has 0 aliphatic carbocycles. The third kappa shape index (κ3) is 8.00. The SMILES string of the molecule is C#CC[C@@H](c1ccc(NC(=O)OC(C)(C)C)cc1)[C@@H](NC(=O)c1ccccc1)C(=O)OCC. The van der Waals surface area contributed by atoms with Crippen LogP contribution in [-0.2, 0) is 14.3 Å². The molecule has 0 heterocycles. The van der Waals surface area contributed by atoms with Crippen molar-refractivity contribution in [3.63, 3.8) is 0 Å². The Morgan fingerprint density at radius 3 is 2.21 bits per heavy atom. The quantitative estimate of drug-likeness (QED) is 0.456. The molecule has 0 unspecified atom stereocenters. The molecule has 0 aliphatic heterocycles. The van der Waals surface area contributed by atoms with Gasteiger partial charge in [0.25, 0.3) is 5.91 Å². The van der Waals surface area contributed by atoms with Gasteiger partial charge < -0.3 is 14.8 Å². The molecule has 0 saturated carbocycles. The van der Waals surface area contributed by atoms with Crippen LogP contribution in [0.25, 0.3) is 0 Å². The predicted octanol–water partition coefficient (Wildman–Crippen LogP) is 4.50. The fraction of sp³-hybridized carbons (Fsp3) is 0.346. The van der Waals surface area contributed by atoms with Crippen molar-refractivity contribution in [2.45, 2.75) is 51.7 Å². The Balaban J connectivity index is 2.26. The molecule has 174 valence electrons. The molecule has 0 bridgehead atoms. The van der Waals surface area contributed by atoms with Crippen molar-refractivity contribution >= 4 is 23.7 Å². The van der Waals surface area contributed by atoms with Gasteiger partial charge in [0.15, 0.2) is 0 Å². The van der Waals surface area contributed by atoms with Gasteiger partial charge in [0, 0.05) is 23.6 Å². The normalized spacial score (nSPS) is 12.6. The van der Waals surface area contributed by atoms with E-state index in [1.807, 2.05) is 0 Å². The minimum Gasteiger partial charge on any atom is -0.464 e. The van der Waals surface area contributed by atoms with Gasteiger partial charge >= 0.3 is 12.1 Å². The molecule has 0 aliphatic rings. The first kappa shape index (κ1) is 25.5. The van der Waals surface area contributed by atoms with Crippen LogP contribution in [0.3, 0.4) is 0 Å². The number of hydrogen-bond acceptors (Lipinski definition) is 5. The van der Waals surface area contributed by atoms with Crippen LogP contribution in [0.1, 0.15) is 56.0 Å². The monoisotopic (exact) mass is 450 g/mol. The summed E-state index contributed by atoms with van der Waals surface area (Å²) in [5, 5.41) is 5.43. The van der Waals surface area contributed by atoms with E-state index in [1.54, 1.807) is 82.3 Å². The highest BCUT2D eigenvalue weighted by Gasteiger charge is 2.32. The average molecular weight is 451 g/mol. The molecule has 0 spiro atoms.